The summed E-state index contributed by atoms with van der Waals surface area (Å²) >= 11 is 2.66. The molecule has 2 aromatic heterocycles. The Bertz CT molecular complexity index is 1130. The number of thiazole rings is 1. The van der Waals surface area contributed by atoms with Crippen LogP contribution in [0, 0.1) is 32.1 Å². The molecule has 0 bridgehead atoms. The van der Waals surface area contributed by atoms with Gasteiger partial charge in [0.05, 0.1) is 23.1 Å². The molecule has 1 aromatic carbocycles. The number of pyridine rings is 1. The van der Waals surface area contributed by atoms with Gasteiger partial charge in [-0.2, -0.15) is 5.26 Å². The van der Waals surface area contributed by atoms with Crippen LogP contribution in [0.3, 0.4) is 0 Å². The standard InChI is InChI=1S/C23H24N4O2S2/c1-6-29-18-9-7-17(8-10-18)20-12-30-23(26-20)27-21(28)16(5)31-22-19(11-24)14(3)13(2)15(4)25-22/h7-10,12,16H,6H2,1-5H3,(H,26,27,28). The molecule has 3 rings (SSSR count). The third-order valence-corrected chi connectivity index (χ3v) is 6.77. The molecule has 160 valence electrons. The second-order valence-electron chi connectivity index (χ2n) is 6.98. The number of aromatic nitrogens is 2. The zero-order chi connectivity index (χ0) is 22.5. The van der Waals surface area contributed by atoms with Gasteiger partial charge in [-0.25, -0.2) is 9.97 Å². The predicted octanol–water partition coefficient (Wildman–Crippen LogP) is 5.52. The van der Waals surface area contributed by atoms with Crippen LogP contribution in [-0.4, -0.2) is 27.7 Å². The Morgan fingerprint density at radius 3 is 2.58 bits per heavy atom. The Labute approximate surface area is 190 Å². The molecule has 3 aromatic rings. The van der Waals surface area contributed by atoms with Gasteiger partial charge >= 0.3 is 0 Å². The summed E-state index contributed by atoms with van der Waals surface area (Å²) in [6.07, 6.45) is 0. The summed E-state index contributed by atoms with van der Waals surface area (Å²) in [5.74, 6) is 0.631. The van der Waals surface area contributed by atoms with Crippen molar-refractivity contribution in [3.8, 4) is 23.1 Å². The molecule has 0 aliphatic heterocycles. The molecule has 0 fully saturated rings. The molecule has 0 aliphatic rings. The average molecular weight is 453 g/mol. The number of carbonyl (C=O) groups is 1. The Morgan fingerprint density at radius 1 is 1.23 bits per heavy atom. The summed E-state index contributed by atoms with van der Waals surface area (Å²) in [5, 5.41) is 15.0. The fourth-order valence-electron chi connectivity index (χ4n) is 2.91. The van der Waals surface area contributed by atoms with E-state index >= 15 is 0 Å². The Morgan fingerprint density at radius 2 is 1.94 bits per heavy atom. The van der Waals surface area contributed by atoms with Crippen molar-refractivity contribution in [2.75, 3.05) is 11.9 Å². The van der Waals surface area contributed by atoms with Crippen LogP contribution in [0.4, 0.5) is 5.13 Å². The highest BCUT2D eigenvalue weighted by atomic mass is 32.2. The van der Waals surface area contributed by atoms with Gasteiger partial charge in [0.15, 0.2) is 5.13 Å². The maximum atomic E-state index is 12.7. The lowest BCUT2D eigenvalue weighted by Gasteiger charge is -2.14. The number of rotatable bonds is 7. The van der Waals surface area contributed by atoms with E-state index in [1.165, 1.54) is 23.1 Å². The lowest BCUT2D eigenvalue weighted by Crippen LogP contribution is -2.22. The second kappa shape index (κ2) is 9.94. The van der Waals surface area contributed by atoms with E-state index in [1.807, 2.05) is 57.3 Å². The predicted molar refractivity (Wildman–Crippen MR) is 126 cm³/mol. The maximum Gasteiger partial charge on any atom is 0.239 e. The van der Waals surface area contributed by atoms with Gasteiger partial charge in [0, 0.05) is 16.6 Å². The number of hydrogen-bond donors (Lipinski definition) is 1. The van der Waals surface area contributed by atoms with E-state index in [4.69, 9.17) is 4.74 Å². The molecule has 31 heavy (non-hydrogen) atoms. The lowest BCUT2D eigenvalue weighted by atomic mass is 10.1. The first-order valence-electron chi connectivity index (χ1n) is 9.88. The van der Waals surface area contributed by atoms with E-state index in [9.17, 15) is 10.1 Å². The molecule has 8 heteroatoms. The Balaban J connectivity index is 1.69. The first-order valence-corrected chi connectivity index (χ1v) is 11.6. The minimum Gasteiger partial charge on any atom is -0.494 e. The number of aryl methyl sites for hydroxylation is 1. The van der Waals surface area contributed by atoms with Gasteiger partial charge in [-0.3, -0.25) is 4.79 Å². The highest BCUT2D eigenvalue weighted by Gasteiger charge is 2.21. The highest BCUT2D eigenvalue weighted by molar-refractivity contribution is 8.00. The van der Waals surface area contributed by atoms with Crippen LogP contribution in [0.2, 0.25) is 0 Å². The van der Waals surface area contributed by atoms with Crippen molar-refractivity contribution >= 4 is 34.1 Å². The van der Waals surface area contributed by atoms with Gasteiger partial charge in [-0.1, -0.05) is 11.8 Å². The minimum absolute atomic E-state index is 0.181. The largest absolute Gasteiger partial charge is 0.494 e. The minimum atomic E-state index is -0.432. The number of nitriles is 1. The quantitative estimate of drug-likeness (QED) is 0.475. The number of thioether (sulfide) groups is 1. The van der Waals surface area contributed by atoms with E-state index in [1.54, 1.807) is 6.92 Å². The van der Waals surface area contributed by atoms with Gasteiger partial charge in [-0.15, -0.1) is 11.3 Å². The van der Waals surface area contributed by atoms with Crippen LogP contribution < -0.4 is 10.1 Å². The van der Waals surface area contributed by atoms with Crippen molar-refractivity contribution in [2.24, 2.45) is 0 Å². The topological polar surface area (TPSA) is 87.9 Å². The normalized spacial score (nSPS) is 11.6. The number of amides is 1. The van der Waals surface area contributed by atoms with Crippen molar-refractivity contribution < 1.29 is 9.53 Å². The van der Waals surface area contributed by atoms with Gasteiger partial charge < -0.3 is 10.1 Å². The van der Waals surface area contributed by atoms with E-state index < -0.39 is 5.25 Å². The number of nitrogens with one attached hydrogen (secondary N) is 1. The lowest BCUT2D eigenvalue weighted by molar-refractivity contribution is -0.115. The first kappa shape index (κ1) is 22.8. The molecular weight excluding hydrogens is 428 g/mol. The summed E-state index contributed by atoms with van der Waals surface area (Å²) in [5.41, 5.74) is 5.05. The van der Waals surface area contributed by atoms with Gasteiger partial charge in [0.25, 0.3) is 0 Å². The van der Waals surface area contributed by atoms with Crippen LogP contribution in [0.5, 0.6) is 5.75 Å². The molecule has 1 unspecified atom stereocenters. The highest BCUT2D eigenvalue weighted by Crippen LogP contribution is 2.31. The van der Waals surface area contributed by atoms with E-state index in [0.717, 1.165) is 33.8 Å². The van der Waals surface area contributed by atoms with E-state index in [2.05, 4.69) is 21.4 Å². The molecule has 0 aliphatic carbocycles. The van der Waals surface area contributed by atoms with Crippen molar-refractivity contribution in [3.63, 3.8) is 0 Å². The molecular formula is C23H24N4O2S2. The Kier molecular flexibility index (Phi) is 7.31. The van der Waals surface area contributed by atoms with Crippen LogP contribution in [0.25, 0.3) is 11.3 Å². The number of anilines is 1. The summed E-state index contributed by atoms with van der Waals surface area (Å²) in [4.78, 5) is 21.8. The van der Waals surface area contributed by atoms with Gasteiger partial charge in [-0.05, 0) is 70.0 Å². The number of nitrogens with zero attached hydrogens (tertiary/aromatic N) is 3. The zero-order valence-corrected chi connectivity index (χ0v) is 19.8. The number of benzene rings is 1. The monoisotopic (exact) mass is 452 g/mol. The molecule has 1 N–H and O–H groups in total. The van der Waals surface area contributed by atoms with Gasteiger partial charge in [0.1, 0.15) is 16.8 Å². The van der Waals surface area contributed by atoms with Crippen LogP contribution in [0.1, 0.15) is 36.2 Å². The molecule has 0 saturated carbocycles. The van der Waals surface area contributed by atoms with Crippen LogP contribution in [-0.2, 0) is 4.79 Å². The van der Waals surface area contributed by atoms with Crippen LogP contribution >= 0.6 is 23.1 Å². The molecule has 2 heterocycles. The summed E-state index contributed by atoms with van der Waals surface area (Å²) in [6.45, 7) is 10.1. The molecule has 0 radical (unpaired) electrons. The first-order chi connectivity index (χ1) is 14.8. The van der Waals surface area contributed by atoms with Crippen molar-refractivity contribution in [2.45, 2.75) is 44.9 Å². The average Bonchev–Trinajstić information content (AvgIpc) is 3.21. The van der Waals surface area contributed by atoms with E-state index in [0.29, 0.717) is 22.3 Å². The number of carbonyl (C=O) groups excluding carboxylic acids is 1. The van der Waals surface area contributed by atoms with Gasteiger partial charge in [0.2, 0.25) is 5.91 Å². The van der Waals surface area contributed by atoms with Crippen molar-refractivity contribution in [1.29, 1.82) is 5.26 Å². The second-order valence-corrected chi connectivity index (χ2v) is 9.17. The summed E-state index contributed by atoms with van der Waals surface area (Å²) in [6, 6.07) is 9.92. The molecule has 0 saturated heterocycles. The fourth-order valence-corrected chi connectivity index (χ4v) is 4.64. The smallest absolute Gasteiger partial charge is 0.239 e. The molecule has 1 atom stereocenters. The van der Waals surface area contributed by atoms with Crippen molar-refractivity contribution in [3.05, 3.63) is 52.0 Å². The third kappa shape index (κ3) is 5.24. The summed E-state index contributed by atoms with van der Waals surface area (Å²) < 4.78 is 5.47. The van der Waals surface area contributed by atoms with E-state index in [-0.39, 0.29) is 5.91 Å². The maximum absolute atomic E-state index is 12.7. The molecule has 6 nitrogen and oxygen atoms in total. The zero-order valence-electron chi connectivity index (χ0n) is 18.1. The SMILES string of the molecule is CCOc1ccc(-c2csc(NC(=O)C(C)Sc3nc(C)c(C)c(C)c3C#N)n2)cc1. The molecule has 1 amide bonds. The molecule has 0 spiro atoms. The summed E-state index contributed by atoms with van der Waals surface area (Å²) in [7, 11) is 0. The third-order valence-electron chi connectivity index (χ3n) is 4.93. The Hall–Kier alpha value is -2.89. The fraction of sp³-hybridized carbons (Fsp3) is 0.304. The van der Waals surface area contributed by atoms with Crippen LogP contribution in [0.15, 0.2) is 34.7 Å². The number of hydrogen-bond acceptors (Lipinski definition) is 7. The number of ether oxygens (including phenoxy) is 1. The van der Waals surface area contributed by atoms with Crippen molar-refractivity contribution in [1.82, 2.24) is 9.97 Å².